The highest BCUT2D eigenvalue weighted by Gasteiger charge is 1.81. The summed E-state index contributed by atoms with van der Waals surface area (Å²) in [7, 11) is 1.64. The van der Waals surface area contributed by atoms with Crippen molar-refractivity contribution < 1.29 is 10.3 Å². The van der Waals surface area contributed by atoms with E-state index in [2.05, 4.69) is 17.2 Å². The van der Waals surface area contributed by atoms with E-state index in [0.717, 1.165) is 6.54 Å². The summed E-state index contributed by atoms with van der Waals surface area (Å²) in [5, 5.41) is 0. The van der Waals surface area contributed by atoms with Gasteiger partial charge in [0.1, 0.15) is 0 Å². The summed E-state index contributed by atoms with van der Waals surface area (Å²) < 4.78 is 0. The Bertz CT molecular complexity index is 36.0. The Labute approximate surface area is 56.7 Å². The van der Waals surface area contributed by atoms with Crippen molar-refractivity contribution in [1.29, 1.82) is 0 Å². The molecular weight excluding hydrogens is 118 g/mol. The van der Waals surface area contributed by atoms with Gasteiger partial charge in [-0.3, -0.25) is 0 Å². The van der Waals surface area contributed by atoms with E-state index < -0.39 is 0 Å². The van der Waals surface area contributed by atoms with Gasteiger partial charge in [0.25, 0.3) is 0 Å². The van der Waals surface area contributed by atoms with Gasteiger partial charge in [-0.25, -0.2) is 5.48 Å². The first kappa shape index (κ1) is 11.6. The van der Waals surface area contributed by atoms with Crippen LogP contribution in [0, 0.1) is 0 Å². The van der Waals surface area contributed by atoms with Gasteiger partial charge in [0.15, 0.2) is 0 Å². The Hall–Kier alpha value is -0.120. The second kappa shape index (κ2) is 10.8. The van der Waals surface area contributed by atoms with E-state index in [1.165, 1.54) is 19.3 Å². The second-order valence-corrected chi connectivity index (χ2v) is 1.81. The molecule has 58 valence electrons. The number of hydrogen-bond donors (Lipinski definition) is 1. The molecule has 3 N–H and O–H groups in total. The van der Waals surface area contributed by atoms with E-state index >= 15 is 0 Å². The van der Waals surface area contributed by atoms with Gasteiger partial charge in [0.05, 0.1) is 7.11 Å². The smallest absolute Gasteiger partial charge is 0.0572 e. The van der Waals surface area contributed by atoms with Crippen molar-refractivity contribution in [2.75, 3.05) is 13.7 Å². The third kappa shape index (κ3) is 11.4. The van der Waals surface area contributed by atoms with Crippen molar-refractivity contribution in [1.82, 2.24) is 5.48 Å². The topological polar surface area (TPSA) is 52.8 Å². The number of rotatable bonds is 5. The summed E-state index contributed by atoms with van der Waals surface area (Å²) in [4.78, 5) is 4.64. The van der Waals surface area contributed by atoms with Crippen LogP contribution in [0.15, 0.2) is 0 Å². The molecule has 0 aliphatic rings. The molecule has 0 radical (unpaired) electrons. The summed E-state index contributed by atoms with van der Waals surface area (Å²) in [5.41, 5.74) is 2.78. The van der Waals surface area contributed by atoms with Crippen molar-refractivity contribution in [3.05, 3.63) is 0 Å². The SMILES string of the molecule is CCCCCNOC.O. The normalized spacial score (nSPS) is 8.67. The zero-order valence-corrected chi connectivity index (χ0v) is 6.24. The Morgan fingerprint density at radius 1 is 1.33 bits per heavy atom. The molecule has 0 fully saturated rings. The highest BCUT2D eigenvalue weighted by molar-refractivity contribution is 4.36. The fraction of sp³-hybridized carbons (Fsp3) is 1.00. The zero-order valence-electron chi connectivity index (χ0n) is 6.24. The molecule has 0 aromatic carbocycles. The van der Waals surface area contributed by atoms with Gasteiger partial charge in [-0.2, -0.15) is 0 Å². The summed E-state index contributed by atoms with van der Waals surface area (Å²) >= 11 is 0. The van der Waals surface area contributed by atoms with Gasteiger partial charge < -0.3 is 10.3 Å². The maximum Gasteiger partial charge on any atom is 0.0572 e. The predicted octanol–water partition coefficient (Wildman–Crippen LogP) is 0.503. The van der Waals surface area contributed by atoms with Crippen LogP contribution in [0.2, 0.25) is 0 Å². The highest BCUT2D eigenvalue weighted by atomic mass is 16.6. The lowest BCUT2D eigenvalue weighted by Crippen LogP contribution is -2.12. The van der Waals surface area contributed by atoms with Crippen LogP contribution < -0.4 is 5.48 Å². The quantitative estimate of drug-likeness (QED) is 0.441. The molecule has 3 heteroatoms. The number of nitrogens with one attached hydrogen (secondary N) is 1. The predicted molar refractivity (Wildman–Crippen MR) is 38.2 cm³/mol. The van der Waals surface area contributed by atoms with E-state index in [1.807, 2.05) is 0 Å². The first-order chi connectivity index (χ1) is 3.91. The fourth-order valence-corrected chi connectivity index (χ4v) is 0.549. The van der Waals surface area contributed by atoms with Crippen LogP contribution >= 0.6 is 0 Å². The van der Waals surface area contributed by atoms with E-state index in [0.29, 0.717) is 0 Å². The summed E-state index contributed by atoms with van der Waals surface area (Å²) in [5.74, 6) is 0. The first-order valence-corrected chi connectivity index (χ1v) is 3.17. The van der Waals surface area contributed by atoms with Crippen LogP contribution in [0.25, 0.3) is 0 Å². The van der Waals surface area contributed by atoms with Gasteiger partial charge in [0, 0.05) is 6.54 Å². The van der Waals surface area contributed by atoms with Crippen LogP contribution in [-0.4, -0.2) is 19.1 Å². The molecule has 0 amide bonds. The lowest BCUT2D eigenvalue weighted by molar-refractivity contribution is 0.0906. The Kier molecular flexibility index (Phi) is 14.0. The highest BCUT2D eigenvalue weighted by Crippen LogP contribution is 1.90. The van der Waals surface area contributed by atoms with Gasteiger partial charge in [-0.1, -0.05) is 19.8 Å². The molecule has 0 spiro atoms. The number of unbranched alkanes of at least 4 members (excludes halogenated alkanes) is 2. The molecule has 0 saturated heterocycles. The molecule has 0 atom stereocenters. The van der Waals surface area contributed by atoms with Crippen molar-refractivity contribution in [3.8, 4) is 0 Å². The van der Waals surface area contributed by atoms with Crippen LogP contribution in [-0.2, 0) is 4.84 Å². The van der Waals surface area contributed by atoms with Crippen LogP contribution in [0.5, 0.6) is 0 Å². The molecule has 0 bridgehead atoms. The lowest BCUT2D eigenvalue weighted by Gasteiger charge is -1.97. The van der Waals surface area contributed by atoms with Crippen molar-refractivity contribution in [2.24, 2.45) is 0 Å². The molecule has 3 nitrogen and oxygen atoms in total. The van der Waals surface area contributed by atoms with Gasteiger partial charge >= 0.3 is 0 Å². The molecule has 0 unspecified atom stereocenters. The van der Waals surface area contributed by atoms with E-state index in [4.69, 9.17) is 0 Å². The van der Waals surface area contributed by atoms with Gasteiger partial charge in [0.2, 0.25) is 0 Å². The molecule has 9 heavy (non-hydrogen) atoms. The van der Waals surface area contributed by atoms with Crippen molar-refractivity contribution in [2.45, 2.75) is 26.2 Å². The zero-order chi connectivity index (χ0) is 6.24. The second-order valence-electron chi connectivity index (χ2n) is 1.81. The largest absolute Gasteiger partial charge is 0.412 e. The Morgan fingerprint density at radius 3 is 2.44 bits per heavy atom. The molecule has 0 aromatic rings. The fourth-order valence-electron chi connectivity index (χ4n) is 0.549. The van der Waals surface area contributed by atoms with E-state index in [1.54, 1.807) is 7.11 Å². The van der Waals surface area contributed by atoms with Crippen LogP contribution in [0.1, 0.15) is 26.2 Å². The number of hydroxylamine groups is 1. The Morgan fingerprint density at radius 2 is 2.00 bits per heavy atom. The van der Waals surface area contributed by atoms with Gasteiger partial charge in [-0.15, -0.1) is 0 Å². The maximum atomic E-state index is 4.64. The minimum Gasteiger partial charge on any atom is -0.412 e. The molecule has 0 saturated carbocycles. The molecule has 0 rings (SSSR count). The van der Waals surface area contributed by atoms with E-state index in [9.17, 15) is 0 Å². The minimum atomic E-state index is 0. The van der Waals surface area contributed by atoms with Crippen LogP contribution in [0.3, 0.4) is 0 Å². The summed E-state index contributed by atoms with van der Waals surface area (Å²) in [6, 6.07) is 0. The minimum absolute atomic E-state index is 0. The van der Waals surface area contributed by atoms with Crippen LogP contribution in [0.4, 0.5) is 0 Å². The first-order valence-electron chi connectivity index (χ1n) is 3.17. The van der Waals surface area contributed by atoms with Crippen molar-refractivity contribution in [3.63, 3.8) is 0 Å². The molecule has 0 aliphatic heterocycles. The maximum absolute atomic E-state index is 4.64. The standard InChI is InChI=1S/C6H15NO.H2O/c1-3-4-5-6-7-8-2;/h7H,3-6H2,1-2H3;1H2. The lowest BCUT2D eigenvalue weighted by atomic mass is 10.3. The summed E-state index contributed by atoms with van der Waals surface area (Å²) in [6.45, 7) is 3.16. The monoisotopic (exact) mass is 135 g/mol. The van der Waals surface area contributed by atoms with Gasteiger partial charge in [-0.05, 0) is 6.42 Å². The van der Waals surface area contributed by atoms with Crippen molar-refractivity contribution >= 4 is 0 Å². The Balaban J connectivity index is 0. The average Bonchev–Trinajstić information content (AvgIpc) is 1.81. The molecular formula is C6H17NO2. The third-order valence-corrected chi connectivity index (χ3v) is 1.03. The average molecular weight is 135 g/mol. The van der Waals surface area contributed by atoms with E-state index in [-0.39, 0.29) is 5.48 Å². The summed E-state index contributed by atoms with van der Waals surface area (Å²) in [6.07, 6.45) is 3.77. The molecule has 0 heterocycles. The molecule has 0 aromatic heterocycles. The number of hydrogen-bond acceptors (Lipinski definition) is 2. The third-order valence-electron chi connectivity index (χ3n) is 1.03. The molecule has 0 aliphatic carbocycles.